The second-order valence-electron chi connectivity index (χ2n) is 8.21. The summed E-state index contributed by atoms with van der Waals surface area (Å²) in [5, 5.41) is 7.89. The first-order valence-electron chi connectivity index (χ1n) is 11.8. The number of hydrogen-bond acceptors (Lipinski definition) is 9. The number of morpholine rings is 1. The van der Waals surface area contributed by atoms with Crippen LogP contribution >= 0.6 is 0 Å². The van der Waals surface area contributed by atoms with E-state index in [1.807, 2.05) is 4.90 Å². The van der Waals surface area contributed by atoms with Crippen LogP contribution in [0.3, 0.4) is 0 Å². The topological polar surface area (TPSA) is 140 Å². The normalized spacial score (nSPS) is 14.5. The second-order valence-corrected chi connectivity index (χ2v) is 9.77. The Morgan fingerprint density at radius 3 is 2.54 bits per heavy atom. The highest BCUT2D eigenvalue weighted by Gasteiger charge is 2.18. The summed E-state index contributed by atoms with van der Waals surface area (Å²) in [4.78, 5) is 26.3. The van der Waals surface area contributed by atoms with Crippen molar-refractivity contribution in [2.45, 2.75) is 31.6 Å². The predicted molar refractivity (Wildman–Crippen MR) is 133 cm³/mol. The summed E-state index contributed by atoms with van der Waals surface area (Å²) in [6, 6.07) is 7.24. The minimum absolute atomic E-state index is 0.0946. The summed E-state index contributed by atoms with van der Waals surface area (Å²) in [5.74, 6) is 0.219. The van der Waals surface area contributed by atoms with Crippen molar-refractivity contribution in [2.24, 2.45) is 5.14 Å². The van der Waals surface area contributed by atoms with Gasteiger partial charge in [-0.1, -0.05) is 19.9 Å². The molecule has 1 fully saturated rings. The number of carbonyl (C=O) groups is 1. The summed E-state index contributed by atoms with van der Waals surface area (Å²) in [6.07, 6.45) is 1.79. The van der Waals surface area contributed by atoms with Gasteiger partial charge in [-0.3, -0.25) is 9.69 Å². The lowest BCUT2D eigenvalue weighted by Crippen LogP contribution is -2.38. The molecule has 1 aliphatic heterocycles. The number of nitrogens with zero attached hydrogens (tertiary/aromatic N) is 4. The zero-order valence-electron chi connectivity index (χ0n) is 20.3. The summed E-state index contributed by atoms with van der Waals surface area (Å²) in [5.41, 5.74) is 0.407. The molecule has 12 heteroatoms. The molecule has 2 heterocycles. The molecular formula is C23H34N6O5S. The quantitative estimate of drug-likeness (QED) is 0.440. The van der Waals surface area contributed by atoms with Crippen molar-refractivity contribution in [1.29, 1.82) is 0 Å². The number of primary sulfonamides is 1. The summed E-state index contributed by atoms with van der Waals surface area (Å²) < 4.78 is 34.6. The fourth-order valence-corrected chi connectivity index (χ4v) is 4.21. The molecule has 0 unspecified atom stereocenters. The molecule has 0 aliphatic carbocycles. The van der Waals surface area contributed by atoms with Crippen LogP contribution in [0.5, 0.6) is 5.88 Å². The van der Waals surface area contributed by atoms with Gasteiger partial charge in [0.15, 0.2) is 0 Å². The fourth-order valence-electron chi connectivity index (χ4n) is 3.65. The van der Waals surface area contributed by atoms with E-state index < -0.39 is 15.9 Å². The molecule has 0 radical (unpaired) electrons. The average molecular weight is 507 g/mol. The zero-order chi connectivity index (χ0) is 25.3. The fraction of sp³-hybridized carbons (Fsp3) is 0.522. The molecule has 0 spiro atoms. The number of sulfonamides is 1. The van der Waals surface area contributed by atoms with Gasteiger partial charge in [-0.2, -0.15) is 4.98 Å². The van der Waals surface area contributed by atoms with Gasteiger partial charge in [0.05, 0.1) is 18.1 Å². The van der Waals surface area contributed by atoms with Crippen LogP contribution in [0.4, 0.5) is 11.6 Å². The number of nitrogens with one attached hydrogen (secondary N) is 1. The monoisotopic (exact) mass is 506 g/mol. The van der Waals surface area contributed by atoms with Gasteiger partial charge in [-0.15, -0.1) is 0 Å². The lowest BCUT2D eigenvalue weighted by Gasteiger charge is -2.26. The Hall–Kier alpha value is -2.80. The number of amides is 1. The lowest BCUT2D eigenvalue weighted by atomic mass is 10.3. The van der Waals surface area contributed by atoms with E-state index in [1.165, 1.54) is 24.3 Å². The average Bonchev–Trinajstić information content (AvgIpc) is 2.84. The van der Waals surface area contributed by atoms with Crippen LogP contribution in [0, 0.1) is 0 Å². The molecule has 1 aromatic carbocycles. The Morgan fingerprint density at radius 2 is 1.89 bits per heavy atom. The van der Waals surface area contributed by atoms with E-state index in [0.717, 1.165) is 45.6 Å². The van der Waals surface area contributed by atoms with Crippen LogP contribution in [-0.2, 0) is 14.8 Å². The van der Waals surface area contributed by atoms with Gasteiger partial charge in [-0.05, 0) is 31.0 Å². The number of ether oxygens (including phenoxy) is 2. The van der Waals surface area contributed by atoms with Crippen LogP contribution in [0.2, 0.25) is 0 Å². The number of hydrogen-bond donors (Lipinski definition) is 2. The maximum atomic E-state index is 13.1. The molecule has 1 aliphatic rings. The predicted octanol–water partition coefficient (Wildman–Crippen LogP) is 1.71. The summed E-state index contributed by atoms with van der Waals surface area (Å²) in [7, 11) is -3.90. The highest BCUT2D eigenvalue weighted by Crippen LogP contribution is 2.19. The van der Waals surface area contributed by atoms with Crippen LogP contribution in [0.15, 0.2) is 35.2 Å². The maximum absolute atomic E-state index is 13.1. The minimum Gasteiger partial charge on any atom is -0.476 e. The van der Waals surface area contributed by atoms with E-state index in [-0.39, 0.29) is 16.3 Å². The highest BCUT2D eigenvalue weighted by atomic mass is 32.2. The molecule has 3 N–H and O–H groups in total. The molecule has 35 heavy (non-hydrogen) atoms. The minimum atomic E-state index is -3.90. The molecule has 192 valence electrons. The lowest BCUT2D eigenvalue weighted by molar-refractivity contribution is 0.0320. The van der Waals surface area contributed by atoms with Crippen molar-refractivity contribution in [3.63, 3.8) is 0 Å². The first-order chi connectivity index (χ1) is 16.8. The van der Waals surface area contributed by atoms with Gasteiger partial charge >= 0.3 is 0 Å². The van der Waals surface area contributed by atoms with Gasteiger partial charge in [0.1, 0.15) is 12.3 Å². The third kappa shape index (κ3) is 8.13. The summed E-state index contributed by atoms with van der Waals surface area (Å²) in [6.45, 7) is 9.86. The molecule has 1 amide bonds. The van der Waals surface area contributed by atoms with Crippen molar-refractivity contribution in [1.82, 2.24) is 14.9 Å². The smallest absolute Gasteiger partial charge is 0.274 e. The molecule has 2 aromatic rings. The zero-order valence-corrected chi connectivity index (χ0v) is 21.1. The largest absolute Gasteiger partial charge is 0.476 e. The highest BCUT2D eigenvalue weighted by molar-refractivity contribution is 7.89. The third-order valence-corrected chi connectivity index (χ3v) is 6.29. The van der Waals surface area contributed by atoms with Crippen LogP contribution in [-0.4, -0.2) is 81.7 Å². The van der Waals surface area contributed by atoms with E-state index in [0.29, 0.717) is 31.6 Å². The van der Waals surface area contributed by atoms with E-state index in [9.17, 15) is 13.2 Å². The van der Waals surface area contributed by atoms with E-state index in [2.05, 4.69) is 34.0 Å². The Bertz CT molecular complexity index is 1090. The van der Waals surface area contributed by atoms with Crippen molar-refractivity contribution in [3.05, 3.63) is 36.0 Å². The molecule has 3 rings (SSSR count). The van der Waals surface area contributed by atoms with Crippen LogP contribution < -0.4 is 20.1 Å². The number of anilines is 2. The van der Waals surface area contributed by atoms with Crippen LogP contribution in [0.1, 0.15) is 37.2 Å². The molecule has 1 aromatic heterocycles. The standard InChI is InChI=1S/C23H34N6O5S/c1-3-8-29(9-4-2)23-26-20(17-21(27-23)34-15-12-28-10-13-33-14-11-28)22(30)25-18-6-5-7-19(16-18)35(24,31)32/h5-7,16-17H,3-4,8-15H2,1-2H3,(H,25,30)(H2,24,31,32). The molecule has 11 nitrogen and oxygen atoms in total. The summed E-state index contributed by atoms with van der Waals surface area (Å²) >= 11 is 0. The maximum Gasteiger partial charge on any atom is 0.274 e. The SMILES string of the molecule is CCCN(CCC)c1nc(OCCN2CCOCC2)cc(C(=O)Nc2cccc(S(N)(=O)=O)c2)n1. The van der Waals surface area contributed by atoms with Gasteiger partial charge in [0.25, 0.3) is 5.91 Å². The Balaban J connectivity index is 1.81. The van der Waals surface area contributed by atoms with E-state index in [1.54, 1.807) is 6.07 Å². The van der Waals surface area contributed by atoms with Crippen molar-refractivity contribution in [2.75, 3.05) is 62.8 Å². The Labute approximate surface area is 206 Å². The first kappa shape index (κ1) is 26.8. The molecule has 1 saturated heterocycles. The van der Waals surface area contributed by atoms with Gasteiger partial charge in [-0.25, -0.2) is 18.5 Å². The third-order valence-electron chi connectivity index (χ3n) is 5.37. The van der Waals surface area contributed by atoms with Gasteiger partial charge in [0.2, 0.25) is 21.9 Å². The number of rotatable bonds is 12. The first-order valence-corrected chi connectivity index (χ1v) is 13.4. The number of aromatic nitrogens is 2. The van der Waals surface area contributed by atoms with Crippen molar-refractivity contribution in [3.8, 4) is 5.88 Å². The van der Waals surface area contributed by atoms with Crippen molar-refractivity contribution < 1.29 is 22.7 Å². The molecule has 0 saturated carbocycles. The molecular weight excluding hydrogens is 472 g/mol. The number of benzene rings is 1. The van der Waals surface area contributed by atoms with Crippen LogP contribution in [0.25, 0.3) is 0 Å². The molecule has 0 atom stereocenters. The second kappa shape index (κ2) is 12.8. The Morgan fingerprint density at radius 1 is 1.17 bits per heavy atom. The molecule has 0 bridgehead atoms. The Kier molecular flexibility index (Phi) is 9.78. The number of nitrogens with two attached hydrogens (primary N) is 1. The van der Waals surface area contributed by atoms with Crippen molar-refractivity contribution >= 4 is 27.6 Å². The van der Waals surface area contributed by atoms with E-state index >= 15 is 0 Å². The van der Waals surface area contributed by atoms with Gasteiger partial charge in [0, 0.05) is 44.5 Å². The number of carbonyl (C=O) groups excluding carboxylic acids is 1. The van der Waals surface area contributed by atoms with Gasteiger partial charge < -0.3 is 19.7 Å². The van der Waals surface area contributed by atoms with E-state index in [4.69, 9.17) is 14.6 Å².